The third-order valence-corrected chi connectivity index (χ3v) is 9.09. The van der Waals surface area contributed by atoms with E-state index in [1.54, 1.807) is 0 Å². The number of rotatable bonds is 8. The van der Waals surface area contributed by atoms with Crippen LogP contribution in [0, 0.1) is 11.3 Å². The van der Waals surface area contributed by atoms with E-state index in [2.05, 4.69) is 5.32 Å². The first kappa shape index (κ1) is 27.3. The SMILES string of the molecule is CCc1nn(CC(C)COC(=O)c2ccc(S(=O)(=O)N(C)C)cc2)c2c1C(=O)NCC1(CCOCC1)C2. The highest BCUT2D eigenvalue weighted by molar-refractivity contribution is 7.89. The van der Waals surface area contributed by atoms with Crippen molar-refractivity contribution in [3.05, 3.63) is 46.8 Å². The normalized spacial score (nSPS) is 18.2. The molecule has 1 spiro atoms. The first-order valence-electron chi connectivity index (χ1n) is 12.7. The van der Waals surface area contributed by atoms with Gasteiger partial charge in [0.1, 0.15) is 0 Å². The van der Waals surface area contributed by atoms with Crippen molar-refractivity contribution in [2.45, 2.75) is 51.0 Å². The summed E-state index contributed by atoms with van der Waals surface area (Å²) in [6.45, 7) is 6.65. The lowest BCUT2D eigenvalue weighted by Crippen LogP contribution is -2.41. The van der Waals surface area contributed by atoms with Crippen molar-refractivity contribution in [2.24, 2.45) is 11.3 Å². The quantitative estimate of drug-likeness (QED) is 0.518. The Kier molecular flexibility index (Phi) is 8.05. The minimum Gasteiger partial charge on any atom is -0.462 e. The minimum atomic E-state index is -3.57. The van der Waals surface area contributed by atoms with E-state index in [9.17, 15) is 18.0 Å². The molecule has 37 heavy (non-hydrogen) atoms. The van der Waals surface area contributed by atoms with E-state index in [1.165, 1.54) is 38.4 Å². The number of fused-ring (bicyclic) bond motifs is 1. The maximum atomic E-state index is 13.0. The van der Waals surface area contributed by atoms with Gasteiger partial charge in [0.25, 0.3) is 5.91 Å². The van der Waals surface area contributed by atoms with E-state index in [0.717, 1.165) is 35.0 Å². The number of esters is 1. The van der Waals surface area contributed by atoms with Crippen molar-refractivity contribution in [1.29, 1.82) is 0 Å². The van der Waals surface area contributed by atoms with Gasteiger partial charge in [0.15, 0.2) is 0 Å². The number of nitrogens with one attached hydrogen (secondary N) is 1. The van der Waals surface area contributed by atoms with Crippen molar-refractivity contribution in [3.63, 3.8) is 0 Å². The second-order valence-corrected chi connectivity index (χ2v) is 12.4. The van der Waals surface area contributed by atoms with Crippen LogP contribution in [0.25, 0.3) is 0 Å². The molecule has 11 heteroatoms. The number of carbonyl (C=O) groups excluding carboxylic acids is 2. The molecule has 1 saturated heterocycles. The molecule has 1 atom stereocenters. The van der Waals surface area contributed by atoms with Gasteiger partial charge in [-0.3, -0.25) is 9.48 Å². The van der Waals surface area contributed by atoms with Crippen molar-refractivity contribution in [3.8, 4) is 0 Å². The summed E-state index contributed by atoms with van der Waals surface area (Å²) in [5, 5.41) is 7.90. The Morgan fingerprint density at radius 3 is 2.54 bits per heavy atom. The molecule has 2 aromatic rings. The van der Waals surface area contributed by atoms with Gasteiger partial charge >= 0.3 is 5.97 Å². The van der Waals surface area contributed by atoms with Gasteiger partial charge in [-0.2, -0.15) is 5.10 Å². The summed E-state index contributed by atoms with van der Waals surface area (Å²) in [5.41, 5.74) is 2.66. The zero-order chi connectivity index (χ0) is 26.8. The number of hydrogen-bond donors (Lipinski definition) is 1. The highest BCUT2D eigenvalue weighted by atomic mass is 32.2. The number of amides is 1. The van der Waals surface area contributed by atoms with E-state index >= 15 is 0 Å². The average molecular weight is 533 g/mol. The Balaban J connectivity index is 1.45. The van der Waals surface area contributed by atoms with Crippen molar-refractivity contribution < 1.29 is 27.5 Å². The molecule has 0 bridgehead atoms. The standard InChI is InChI=1S/C26H36N4O6S/c1-5-21-23-22(14-26(17-27-24(23)31)10-12-35-13-11-26)30(28-21)15-18(2)16-36-25(32)19-6-8-20(9-7-19)37(33,34)29(3)4/h6-9,18H,5,10-17H2,1-4H3,(H,27,31). The predicted molar refractivity (Wildman–Crippen MR) is 137 cm³/mol. The third kappa shape index (κ3) is 5.73. The second kappa shape index (κ2) is 10.9. The summed E-state index contributed by atoms with van der Waals surface area (Å²) >= 11 is 0. The van der Waals surface area contributed by atoms with Gasteiger partial charge in [-0.05, 0) is 55.4 Å². The van der Waals surface area contributed by atoms with Gasteiger partial charge in [0.05, 0.1) is 34.0 Å². The van der Waals surface area contributed by atoms with Crippen LogP contribution in [0.3, 0.4) is 0 Å². The Morgan fingerprint density at radius 2 is 1.92 bits per heavy atom. The zero-order valence-electron chi connectivity index (χ0n) is 22.0. The smallest absolute Gasteiger partial charge is 0.338 e. The molecule has 3 heterocycles. The van der Waals surface area contributed by atoms with Crippen LogP contribution in [0.15, 0.2) is 29.2 Å². The Bertz CT molecular complexity index is 1250. The first-order valence-corrected chi connectivity index (χ1v) is 14.1. The third-order valence-electron chi connectivity index (χ3n) is 7.26. The van der Waals surface area contributed by atoms with Crippen molar-refractivity contribution >= 4 is 21.9 Å². The van der Waals surface area contributed by atoms with Crippen molar-refractivity contribution in [1.82, 2.24) is 19.4 Å². The molecular formula is C26H36N4O6S. The summed E-state index contributed by atoms with van der Waals surface area (Å²) in [6.07, 6.45) is 3.19. The maximum absolute atomic E-state index is 13.0. The van der Waals surface area contributed by atoms with E-state index in [0.29, 0.717) is 38.3 Å². The van der Waals surface area contributed by atoms with E-state index < -0.39 is 16.0 Å². The average Bonchev–Trinajstić information content (AvgIpc) is 3.15. The molecule has 1 amide bonds. The van der Waals surface area contributed by atoms with Gasteiger partial charge in [-0.25, -0.2) is 17.5 Å². The Morgan fingerprint density at radius 1 is 1.24 bits per heavy atom. The number of carbonyl (C=O) groups is 2. The molecule has 4 rings (SSSR count). The Hall–Kier alpha value is -2.76. The Labute approximate surface area is 218 Å². The molecule has 1 aromatic heterocycles. The monoisotopic (exact) mass is 532 g/mol. The van der Waals surface area contributed by atoms with Crippen LogP contribution in [0.5, 0.6) is 0 Å². The van der Waals surface area contributed by atoms with Gasteiger partial charge < -0.3 is 14.8 Å². The van der Waals surface area contributed by atoms with Crippen LogP contribution < -0.4 is 5.32 Å². The summed E-state index contributed by atoms with van der Waals surface area (Å²) in [7, 11) is -0.658. The molecule has 1 aromatic carbocycles. The number of sulfonamides is 1. The van der Waals surface area contributed by atoms with Gasteiger partial charge in [0, 0.05) is 46.3 Å². The number of hydrogen-bond acceptors (Lipinski definition) is 7. The second-order valence-electron chi connectivity index (χ2n) is 10.3. The molecule has 202 valence electrons. The molecule has 10 nitrogen and oxygen atoms in total. The predicted octanol–water partition coefficient (Wildman–Crippen LogP) is 2.27. The van der Waals surface area contributed by atoms with Crippen LogP contribution in [0.4, 0.5) is 0 Å². The number of ether oxygens (including phenoxy) is 2. The lowest BCUT2D eigenvalue weighted by molar-refractivity contribution is 0.0151. The summed E-state index contributed by atoms with van der Waals surface area (Å²) in [6, 6.07) is 5.71. The van der Waals surface area contributed by atoms with Crippen LogP contribution in [-0.4, -0.2) is 74.8 Å². The molecule has 0 aliphatic carbocycles. The number of aryl methyl sites for hydroxylation is 1. The summed E-state index contributed by atoms with van der Waals surface area (Å²) < 4.78 is 38.6. The van der Waals surface area contributed by atoms with Gasteiger partial charge in [-0.1, -0.05) is 13.8 Å². The fourth-order valence-electron chi connectivity index (χ4n) is 4.95. The molecule has 1 unspecified atom stereocenters. The molecule has 2 aliphatic rings. The first-order chi connectivity index (χ1) is 17.6. The lowest BCUT2D eigenvalue weighted by Gasteiger charge is -2.36. The van der Waals surface area contributed by atoms with E-state index in [1.807, 2.05) is 18.5 Å². The van der Waals surface area contributed by atoms with Crippen LogP contribution in [-0.2, 0) is 38.9 Å². The molecule has 1 N–H and O–H groups in total. The van der Waals surface area contributed by atoms with Crippen LogP contribution in [0.2, 0.25) is 0 Å². The summed E-state index contributed by atoms with van der Waals surface area (Å²) in [5.74, 6) is -0.641. The van der Waals surface area contributed by atoms with Gasteiger partial charge in [-0.15, -0.1) is 0 Å². The van der Waals surface area contributed by atoms with E-state index in [4.69, 9.17) is 14.6 Å². The summed E-state index contributed by atoms with van der Waals surface area (Å²) in [4.78, 5) is 25.7. The highest BCUT2D eigenvalue weighted by Crippen LogP contribution is 2.37. The number of nitrogens with zero attached hydrogens (tertiary/aromatic N) is 3. The highest BCUT2D eigenvalue weighted by Gasteiger charge is 2.39. The van der Waals surface area contributed by atoms with Crippen molar-refractivity contribution in [2.75, 3.05) is 40.5 Å². The van der Waals surface area contributed by atoms with E-state index in [-0.39, 0.29) is 34.3 Å². The number of benzene rings is 1. The topological polar surface area (TPSA) is 120 Å². The fourth-order valence-corrected chi connectivity index (χ4v) is 5.85. The van der Waals surface area contributed by atoms with Crippen LogP contribution in [0.1, 0.15) is 58.8 Å². The molecule has 0 saturated carbocycles. The van der Waals surface area contributed by atoms with Gasteiger partial charge in [0.2, 0.25) is 10.0 Å². The molecule has 1 fully saturated rings. The largest absolute Gasteiger partial charge is 0.462 e. The molecule has 0 radical (unpaired) electrons. The zero-order valence-corrected chi connectivity index (χ0v) is 22.8. The van der Waals surface area contributed by atoms with Crippen LogP contribution >= 0.6 is 0 Å². The number of aromatic nitrogens is 2. The minimum absolute atomic E-state index is 0.0378. The molecule has 2 aliphatic heterocycles. The maximum Gasteiger partial charge on any atom is 0.338 e. The lowest BCUT2D eigenvalue weighted by atomic mass is 9.76. The fraction of sp³-hybridized carbons (Fsp3) is 0.577. The molecular weight excluding hydrogens is 496 g/mol.